The van der Waals surface area contributed by atoms with Crippen molar-refractivity contribution >= 4 is 5.91 Å². The molecule has 0 aliphatic carbocycles. The summed E-state index contributed by atoms with van der Waals surface area (Å²) in [4.78, 5) is 13.1. The fourth-order valence-electron chi connectivity index (χ4n) is 3.55. The third kappa shape index (κ3) is 5.44. The lowest BCUT2D eigenvalue weighted by molar-refractivity contribution is 0.0844. The number of nitrogens with zero attached hydrogens (tertiary/aromatic N) is 2. The predicted molar refractivity (Wildman–Crippen MR) is 131 cm³/mol. The fourth-order valence-corrected chi connectivity index (χ4v) is 3.55. The zero-order chi connectivity index (χ0) is 23.9. The van der Waals surface area contributed by atoms with Crippen molar-refractivity contribution in [3.8, 4) is 28.4 Å². The van der Waals surface area contributed by atoms with E-state index in [4.69, 9.17) is 9.47 Å². The number of carbonyl (C=O) groups excluding carboxylic acids is 1. The highest BCUT2D eigenvalue weighted by Gasteiger charge is 2.21. The summed E-state index contributed by atoms with van der Waals surface area (Å²) in [6.07, 6.45) is 0.811. The largest absolute Gasteiger partial charge is 0.496 e. The third-order valence-electron chi connectivity index (χ3n) is 5.27. The molecule has 1 unspecified atom stereocenters. The molecule has 4 aromatic rings. The molecule has 1 aromatic heterocycles. The number of benzene rings is 3. The topological polar surface area (TPSA) is 85.6 Å². The first-order valence-electron chi connectivity index (χ1n) is 11.0. The van der Waals surface area contributed by atoms with Gasteiger partial charge in [-0.3, -0.25) is 4.79 Å². The quantitative estimate of drug-likeness (QED) is 0.396. The second-order valence-electron chi connectivity index (χ2n) is 7.86. The van der Waals surface area contributed by atoms with E-state index < -0.39 is 6.10 Å². The molecule has 0 bridgehead atoms. The van der Waals surface area contributed by atoms with E-state index in [-0.39, 0.29) is 19.1 Å². The summed E-state index contributed by atoms with van der Waals surface area (Å²) in [5.74, 6) is 0.937. The number of aliphatic hydroxyl groups is 1. The molecule has 1 amide bonds. The monoisotopic (exact) mass is 457 g/mol. The van der Waals surface area contributed by atoms with Gasteiger partial charge in [0, 0.05) is 18.3 Å². The standard InChI is InChI=1S/C27H27N3O4/c1-19-9-8-12-22(15-19)34-18-21(31)16-28-27(32)24-17-30(20-10-4-3-5-11-20)29-26(24)23-13-6-7-14-25(23)33-2/h3-15,17,21,31H,16,18H2,1-2H3,(H,28,32). The Labute approximate surface area is 198 Å². The van der Waals surface area contributed by atoms with Crippen LogP contribution in [0.5, 0.6) is 11.5 Å². The molecule has 7 nitrogen and oxygen atoms in total. The average Bonchev–Trinajstić information content (AvgIpc) is 3.32. The molecule has 2 N–H and O–H groups in total. The van der Waals surface area contributed by atoms with Crippen molar-refractivity contribution in [3.05, 3.63) is 96.2 Å². The highest BCUT2D eigenvalue weighted by Crippen LogP contribution is 2.31. The molecule has 7 heteroatoms. The van der Waals surface area contributed by atoms with Crippen LogP contribution in [0.1, 0.15) is 15.9 Å². The van der Waals surface area contributed by atoms with Crippen LogP contribution in [0.25, 0.3) is 16.9 Å². The average molecular weight is 458 g/mol. The van der Waals surface area contributed by atoms with Gasteiger partial charge in [0.2, 0.25) is 0 Å². The minimum Gasteiger partial charge on any atom is -0.496 e. The van der Waals surface area contributed by atoms with Gasteiger partial charge in [-0.2, -0.15) is 5.10 Å². The molecule has 4 rings (SSSR count). The molecule has 0 fully saturated rings. The number of para-hydroxylation sites is 2. The first kappa shape index (κ1) is 23.1. The van der Waals surface area contributed by atoms with Gasteiger partial charge in [-0.1, -0.05) is 42.5 Å². The van der Waals surface area contributed by atoms with E-state index in [0.717, 1.165) is 11.3 Å². The van der Waals surface area contributed by atoms with Crippen LogP contribution in [0.2, 0.25) is 0 Å². The molecular formula is C27H27N3O4. The molecule has 0 aliphatic heterocycles. The Hall–Kier alpha value is -4.10. The smallest absolute Gasteiger partial charge is 0.255 e. The molecular weight excluding hydrogens is 430 g/mol. The lowest BCUT2D eigenvalue weighted by atomic mass is 10.1. The maximum absolute atomic E-state index is 13.1. The molecule has 3 aromatic carbocycles. The summed E-state index contributed by atoms with van der Waals surface area (Å²) < 4.78 is 12.8. The summed E-state index contributed by atoms with van der Waals surface area (Å²) in [7, 11) is 1.58. The van der Waals surface area contributed by atoms with Crippen molar-refractivity contribution in [2.75, 3.05) is 20.3 Å². The van der Waals surface area contributed by atoms with Crippen LogP contribution < -0.4 is 14.8 Å². The van der Waals surface area contributed by atoms with Crippen molar-refractivity contribution in [2.45, 2.75) is 13.0 Å². The number of hydrogen-bond donors (Lipinski definition) is 2. The first-order chi connectivity index (χ1) is 16.5. The number of carbonyl (C=O) groups is 1. The fraction of sp³-hybridized carbons (Fsp3) is 0.185. The Morgan fingerprint density at radius 1 is 1.06 bits per heavy atom. The van der Waals surface area contributed by atoms with Gasteiger partial charge in [0.15, 0.2) is 0 Å². The SMILES string of the molecule is COc1ccccc1-c1nn(-c2ccccc2)cc1C(=O)NCC(O)COc1cccc(C)c1. The molecule has 0 saturated heterocycles. The van der Waals surface area contributed by atoms with E-state index in [2.05, 4.69) is 10.4 Å². The lowest BCUT2D eigenvalue weighted by Crippen LogP contribution is -2.35. The highest BCUT2D eigenvalue weighted by molar-refractivity contribution is 6.00. The van der Waals surface area contributed by atoms with E-state index in [9.17, 15) is 9.90 Å². The van der Waals surface area contributed by atoms with E-state index in [1.54, 1.807) is 18.0 Å². The Morgan fingerprint density at radius 3 is 2.59 bits per heavy atom. The van der Waals surface area contributed by atoms with E-state index in [1.807, 2.05) is 85.8 Å². The van der Waals surface area contributed by atoms with Crippen LogP contribution in [0.15, 0.2) is 85.1 Å². The first-order valence-corrected chi connectivity index (χ1v) is 11.0. The summed E-state index contributed by atoms with van der Waals surface area (Å²) in [5, 5.41) is 17.8. The van der Waals surface area contributed by atoms with Gasteiger partial charge >= 0.3 is 0 Å². The summed E-state index contributed by atoms with van der Waals surface area (Å²) >= 11 is 0. The van der Waals surface area contributed by atoms with Crippen LogP contribution in [-0.4, -0.2) is 47.2 Å². The number of aromatic nitrogens is 2. The molecule has 1 heterocycles. The van der Waals surface area contributed by atoms with Gasteiger partial charge in [-0.15, -0.1) is 0 Å². The van der Waals surface area contributed by atoms with Crippen molar-refractivity contribution in [2.24, 2.45) is 0 Å². The molecule has 1 atom stereocenters. The Bertz CT molecular complexity index is 1250. The number of aliphatic hydroxyl groups excluding tert-OH is 1. The molecule has 0 saturated carbocycles. The van der Waals surface area contributed by atoms with Crippen molar-refractivity contribution in [1.82, 2.24) is 15.1 Å². The number of rotatable bonds is 9. The number of aryl methyl sites for hydroxylation is 1. The maximum atomic E-state index is 13.1. The Morgan fingerprint density at radius 2 is 1.82 bits per heavy atom. The summed E-state index contributed by atoms with van der Waals surface area (Å²) in [5.41, 5.74) is 3.46. The summed E-state index contributed by atoms with van der Waals surface area (Å²) in [6, 6.07) is 24.5. The Balaban J connectivity index is 1.52. The third-order valence-corrected chi connectivity index (χ3v) is 5.27. The molecule has 0 aliphatic rings. The normalized spacial score (nSPS) is 11.6. The molecule has 0 spiro atoms. The molecule has 0 radical (unpaired) electrons. The molecule has 34 heavy (non-hydrogen) atoms. The van der Waals surface area contributed by atoms with Crippen LogP contribution in [-0.2, 0) is 0 Å². The highest BCUT2D eigenvalue weighted by atomic mass is 16.5. The Kier molecular flexibility index (Phi) is 7.25. The van der Waals surface area contributed by atoms with Gasteiger partial charge in [-0.25, -0.2) is 4.68 Å². The van der Waals surface area contributed by atoms with Gasteiger partial charge < -0.3 is 19.9 Å². The van der Waals surface area contributed by atoms with Crippen LogP contribution in [0.3, 0.4) is 0 Å². The maximum Gasteiger partial charge on any atom is 0.255 e. The van der Waals surface area contributed by atoms with E-state index in [1.165, 1.54) is 0 Å². The second kappa shape index (κ2) is 10.7. The number of amides is 1. The van der Waals surface area contributed by atoms with E-state index in [0.29, 0.717) is 28.3 Å². The zero-order valence-corrected chi connectivity index (χ0v) is 19.1. The molecule has 174 valence electrons. The zero-order valence-electron chi connectivity index (χ0n) is 19.1. The van der Waals surface area contributed by atoms with Gasteiger partial charge in [0.1, 0.15) is 29.9 Å². The second-order valence-corrected chi connectivity index (χ2v) is 7.86. The predicted octanol–water partition coefficient (Wildman–Crippen LogP) is 4.03. The van der Waals surface area contributed by atoms with Crippen LogP contribution in [0.4, 0.5) is 0 Å². The lowest BCUT2D eigenvalue weighted by Gasteiger charge is -2.14. The van der Waals surface area contributed by atoms with Crippen LogP contribution in [0, 0.1) is 6.92 Å². The van der Waals surface area contributed by atoms with Crippen molar-refractivity contribution in [3.63, 3.8) is 0 Å². The van der Waals surface area contributed by atoms with Gasteiger partial charge in [0.25, 0.3) is 5.91 Å². The minimum atomic E-state index is -0.872. The van der Waals surface area contributed by atoms with E-state index >= 15 is 0 Å². The number of ether oxygens (including phenoxy) is 2. The van der Waals surface area contributed by atoms with Gasteiger partial charge in [-0.05, 0) is 48.9 Å². The van der Waals surface area contributed by atoms with Crippen LogP contribution >= 0.6 is 0 Å². The number of nitrogens with one attached hydrogen (secondary N) is 1. The minimum absolute atomic E-state index is 0.0343. The number of methoxy groups -OCH3 is 1. The van der Waals surface area contributed by atoms with Gasteiger partial charge in [0.05, 0.1) is 18.4 Å². The summed E-state index contributed by atoms with van der Waals surface area (Å²) in [6.45, 7) is 2.07. The van der Waals surface area contributed by atoms with Crippen molar-refractivity contribution < 1.29 is 19.4 Å². The van der Waals surface area contributed by atoms with Crippen molar-refractivity contribution in [1.29, 1.82) is 0 Å². The number of hydrogen-bond acceptors (Lipinski definition) is 5.